The van der Waals surface area contributed by atoms with Crippen molar-refractivity contribution in [2.24, 2.45) is 5.73 Å². The lowest BCUT2D eigenvalue weighted by Gasteiger charge is -2.14. The van der Waals surface area contributed by atoms with Crippen LogP contribution in [0.15, 0.2) is 35.1 Å². The number of primary amides is 1. The van der Waals surface area contributed by atoms with E-state index in [1.165, 1.54) is 6.20 Å². The number of rotatable bonds is 6. The number of pyridine rings is 1. The Hall–Kier alpha value is -2.50. The van der Waals surface area contributed by atoms with E-state index in [-0.39, 0.29) is 17.3 Å². The normalized spacial score (nSPS) is 12.1. The van der Waals surface area contributed by atoms with E-state index in [9.17, 15) is 4.79 Å². The number of aromatic nitrogens is 1. The van der Waals surface area contributed by atoms with Crippen molar-refractivity contribution in [1.29, 1.82) is 0 Å². The molecule has 6 heteroatoms. The first-order valence-corrected chi connectivity index (χ1v) is 6.40. The van der Waals surface area contributed by atoms with Gasteiger partial charge in [0.25, 0.3) is 5.91 Å². The molecule has 0 aliphatic heterocycles. The zero-order chi connectivity index (χ0) is 14.5. The van der Waals surface area contributed by atoms with Gasteiger partial charge in [0.2, 0.25) is 0 Å². The summed E-state index contributed by atoms with van der Waals surface area (Å²) in [5.41, 5.74) is 11.5. The van der Waals surface area contributed by atoms with E-state index in [1.54, 1.807) is 12.3 Å². The van der Waals surface area contributed by atoms with Crippen molar-refractivity contribution < 1.29 is 9.21 Å². The second-order valence-electron chi connectivity index (χ2n) is 4.68. The van der Waals surface area contributed by atoms with Crippen LogP contribution >= 0.6 is 0 Å². The lowest BCUT2D eigenvalue weighted by Crippen LogP contribution is -2.19. The molecule has 2 heterocycles. The maximum absolute atomic E-state index is 11.2. The third-order valence-corrected chi connectivity index (χ3v) is 3.00. The minimum absolute atomic E-state index is 0.178. The number of nitrogens with zero attached hydrogens (tertiary/aromatic N) is 1. The molecule has 1 atom stereocenters. The smallest absolute Gasteiger partial charge is 0.250 e. The molecule has 0 aliphatic rings. The van der Waals surface area contributed by atoms with Crippen LogP contribution in [0.2, 0.25) is 0 Å². The predicted molar refractivity (Wildman–Crippen MR) is 77.3 cm³/mol. The first kappa shape index (κ1) is 13.9. The predicted octanol–water partition coefficient (Wildman–Crippen LogP) is 1.79. The lowest BCUT2D eigenvalue weighted by atomic mass is 10.1. The quantitative estimate of drug-likeness (QED) is 0.744. The summed E-state index contributed by atoms with van der Waals surface area (Å²) in [5, 5.41) is 3.21. The molecule has 1 unspecified atom stereocenters. The summed E-state index contributed by atoms with van der Waals surface area (Å²) in [7, 11) is 0. The van der Waals surface area contributed by atoms with Gasteiger partial charge in [-0.25, -0.2) is 4.98 Å². The number of nitrogens with one attached hydrogen (secondary N) is 1. The number of carbonyl (C=O) groups excluding carboxylic acids is 1. The van der Waals surface area contributed by atoms with Crippen LogP contribution in [0.1, 0.15) is 29.5 Å². The highest BCUT2D eigenvalue weighted by Gasteiger charge is 2.10. The lowest BCUT2D eigenvalue weighted by molar-refractivity contribution is 0.100. The van der Waals surface area contributed by atoms with Crippen molar-refractivity contribution in [2.75, 3.05) is 11.1 Å². The number of furan rings is 1. The van der Waals surface area contributed by atoms with Gasteiger partial charge in [-0.2, -0.15) is 0 Å². The van der Waals surface area contributed by atoms with E-state index >= 15 is 0 Å². The van der Waals surface area contributed by atoms with Crippen LogP contribution in [0.3, 0.4) is 0 Å². The second-order valence-corrected chi connectivity index (χ2v) is 4.68. The van der Waals surface area contributed by atoms with Crippen molar-refractivity contribution in [3.8, 4) is 0 Å². The van der Waals surface area contributed by atoms with Gasteiger partial charge in [0.15, 0.2) is 0 Å². The fraction of sp³-hybridized carbons (Fsp3) is 0.286. The Morgan fingerprint density at radius 3 is 3.00 bits per heavy atom. The van der Waals surface area contributed by atoms with E-state index < -0.39 is 5.91 Å². The summed E-state index contributed by atoms with van der Waals surface area (Å²) in [4.78, 5) is 15.4. The molecule has 0 spiro atoms. The average Bonchev–Trinajstić information content (AvgIpc) is 2.91. The van der Waals surface area contributed by atoms with E-state index in [1.807, 2.05) is 19.1 Å². The van der Waals surface area contributed by atoms with Gasteiger partial charge in [0, 0.05) is 12.5 Å². The second kappa shape index (κ2) is 6.10. The molecule has 2 aromatic rings. The van der Waals surface area contributed by atoms with Crippen LogP contribution in [0.5, 0.6) is 0 Å². The Morgan fingerprint density at radius 2 is 2.35 bits per heavy atom. The summed E-state index contributed by atoms with van der Waals surface area (Å²) in [6.45, 7) is 2.03. The Balaban J connectivity index is 1.95. The van der Waals surface area contributed by atoms with E-state index in [0.717, 1.165) is 18.6 Å². The topological polar surface area (TPSA) is 107 Å². The minimum Gasteiger partial charge on any atom is -0.469 e. The van der Waals surface area contributed by atoms with Crippen molar-refractivity contribution in [3.05, 3.63) is 42.0 Å². The van der Waals surface area contributed by atoms with Gasteiger partial charge in [-0.3, -0.25) is 4.79 Å². The van der Waals surface area contributed by atoms with Crippen LogP contribution < -0.4 is 16.8 Å². The molecule has 6 nitrogen and oxygen atoms in total. The molecule has 20 heavy (non-hydrogen) atoms. The van der Waals surface area contributed by atoms with Gasteiger partial charge in [0.1, 0.15) is 11.6 Å². The van der Waals surface area contributed by atoms with E-state index in [2.05, 4.69) is 10.3 Å². The molecule has 0 saturated heterocycles. The van der Waals surface area contributed by atoms with Gasteiger partial charge < -0.3 is 21.2 Å². The standard InChI is InChI=1S/C14H18N4O2/c1-9(4-5-10-3-2-6-20-10)18-13-7-11(14(16)19)12(15)8-17-13/h2-3,6-9H,4-5,15H2,1H3,(H2,16,19)(H,17,18). The Bertz CT molecular complexity index is 581. The van der Waals surface area contributed by atoms with Crippen LogP contribution in [-0.4, -0.2) is 16.9 Å². The molecule has 0 bridgehead atoms. The molecule has 106 valence electrons. The maximum Gasteiger partial charge on any atom is 0.250 e. The van der Waals surface area contributed by atoms with Gasteiger partial charge >= 0.3 is 0 Å². The minimum atomic E-state index is -0.559. The summed E-state index contributed by atoms with van der Waals surface area (Å²) >= 11 is 0. The molecule has 0 fully saturated rings. The highest BCUT2D eigenvalue weighted by molar-refractivity contribution is 5.98. The van der Waals surface area contributed by atoms with Crippen molar-refractivity contribution in [3.63, 3.8) is 0 Å². The molecule has 5 N–H and O–H groups in total. The first-order valence-electron chi connectivity index (χ1n) is 6.40. The summed E-state index contributed by atoms with van der Waals surface area (Å²) < 4.78 is 5.28. The third kappa shape index (κ3) is 3.50. The van der Waals surface area contributed by atoms with Crippen LogP contribution in [0, 0.1) is 0 Å². The summed E-state index contributed by atoms with van der Waals surface area (Å²) in [6, 6.07) is 5.56. The number of anilines is 2. The van der Waals surface area contributed by atoms with Crippen LogP contribution in [0.25, 0.3) is 0 Å². The molecule has 0 aromatic carbocycles. The zero-order valence-electron chi connectivity index (χ0n) is 11.3. The van der Waals surface area contributed by atoms with Crippen LogP contribution in [0.4, 0.5) is 11.5 Å². The summed E-state index contributed by atoms with van der Waals surface area (Å²) in [6.07, 6.45) is 4.81. The zero-order valence-corrected chi connectivity index (χ0v) is 11.3. The molecule has 0 aliphatic carbocycles. The molecular formula is C14H18N4O2. The van der Waals surface area contributed by atoms with Gasteiger partial charge in [-0.05, 0) is 31.5 Å². The summed E-state index contributed by atoms with van der Waals surface area (Å²) in [5.74, 6) is 0.970. The number of aryl methyl sites for hydroxylation is 1. The van der Waals surface area contributed by atoms with Gasteiger partial charge in [-0.15, -0.1) is 0 Å². The number of nitrogens with two attached hydrogens (primary N) is 2. The molecule has 0 radical (unpaired) electrons. The Kier molecular flexibility index (Phi) is 4.24. The number of hydrogen-bond acceptors (Lipinski definition) is 5. The highest BCUT2D eigenvalue weighted by Crippen LogP contribution is 2.16. The van der Waals surface area contributed by atoms with Gasteiger partial charge in [-0.1, -0.05) is 0 Å². The SMILES string of the molecule is CC(CCc1ccco1)Nc1cc(C(N)=O)c(N)cn1. The van der Waals surface area contributed by atoms with E-state index in [4.69, 9.17) is 15.9 Å². The molecule has 0 saturated carbocycles. The van der Waals surface area contributed by atoms with E-state index in [0.29, 0.717) is 5.82 Å². The molecule has 2 aromatic heterocycles. The van der Waals surface area contributed by atoms with Crippen molar-refractivity contribution in [2.45, 2.75) is 25.8 Å². The maximum atomic E-state index is 11.2. The fourth-order valence-electron chi connectivity index (χ4n) is 1.90. The molecule has 2 rings (SSSR count). The number of amides is 1. The molecular weight excluding hydrogens is 256 g/mol. The van der Waals surface area contributed by atoms with Crippen molar-refractivity contribution in [1.82, 2.24) is 4.98 Å². The van der Waals surface area contributed by atoms with Crippen molar-refractivity contribution >= 4 is 17.4 Å². The van der Waals surface area contributed by atoms with Gasteiger partial charge in [0.05, 0.1) is 23.7 Å². The highest BCUT2D eigenvalue weighted by atomic mass is 16.3. The number of hydrogen-bond donors (Lipinski definition) is 3. The van der Waals surface area contributed by atoms with Crippen LogP contribution in [-0.2, 0) is 6.42 Å². The Morgan fingerprint density at radius 1 is 1.55 bits per heavy atom. The molecule has 1 amide bonds. The first-order chi connectivity index (χ1) is 9.56. The number of nitrogen functional groups attached to an aromatic ring is 1. The number of carbonyl (C=O) groups is 1. The largest absolute Gasteiger partial charge is 0.469 e. The monoisotopic (exact) mass is 274 g/mol. The Labute approximate surface area is 117 Å². The fourth-order valence-corrected chi connectivity index (χ4v) is 1.90. The average molecular weight is 274 g/mol. The third-order valence-electron chi connectivity index (χ3n) is 3.00.